The lowest BCUT2D eigenvalue weighted by atomic mass is 10.1. The fraction of sp³-hybridized carbons (Fsp3) is 0.286. The van der Waals surface area contributed by atoms with Gasteiger partial charge >= 0.3 is 0 Å². The SMILES string of the molecule is CCOc1ccccc1CCC(=O)NCc1ccc(-c2cnn(C)c2)nc1. The molecule has 6 heteroatoms. The number of amides is 1. The van der Waals surface area contributed by atoms with Gasteiger partial charge in [-0.3, -0.25) is 14.5 Å². The van der Waals surface area contributed by atoms with E-state index in [2.05, 4.69) is 15.4 Å². The maximum atomic E-state index is 12.2. The van der Waals surface area contributed by atoms with Gasteiger partial charge in [-0.2, -0.15) is 5.10 Å². The number of carbonyl (C=O) groups is 1. The van der Waals surface area contributed by atoms with Gasteiger partial charge in [0.2, 0.25) is 5.91 Å². The molecule has 2 heterocycles. The van der Waals surface area contributed by atoms with Crippen LogP contribution in [0.15, 0.2) is 55.0 Å². The molecule has 1 aromatic carbocycles. The molecule has 0 aliphatic carbocycles. The number of carbonyl (C=O) groups excluding carboxylic acids is 1. The molecule has 1 amide bonds. The van der Waals surface area contributed by atoms with Crippen molar-refractivity contribution in [2.24, 2.45) is 7.05 Å². The summed E-state index contributed by atoms with van der Waals surface area (Å²) in [4.78, 5) is 16.6. The molecule has 0 aliphatic rings. The van der Waals surface area contributed by atoms with E-state index in [-0.39, 0.29) is 5.91 Å². The molecule has 3 rings (SSSR count). The van der Waals surface area contributed by atoms with Crippen LogP contribution in [0.1, 0.15) is 24.5 Å². The Morgan fingerprint density at radius 1 is 1.19 bits per heavy atom. The summed E-state index contributed by atoms with van der Waals surface area (Å²) in [5.41, 5.74) is 3.86. The summed E-state index contributed by atoms with van der Waals surface area (Å²) in [6.07, 6.45) is 6.56. The first kappa shape index (κ1) is 18.6. The quantitative estimate of drug-likeness (QED) is 0.667. The molecule has 0 saturated heterocycles. The number of rotatable bonds is 8. The van der Waals surface area contributed by atoms with Crippen molar-refractivity contribution in [2.45, 2.75) is 26.3 Å². The highest BCUT2D eigenvalue weighted by molar-refractivity contribution is 5.76. The van der Waals surface area contributed by atoms with Gasteiger partial charge in [-0.15, -0.1) is 0 Å². The van der Waals surface area contributed by atoms with E-state index in [0.29, 0.717) is 26.0 Å². The third-order valence-electron chi connectivity index (χ3n) is 4.21. The average molecular weight is 364 g/mol. The highest BCUT2D eigenvalue weighted by Crippen LogP contribution is 2.19. The molecular formula is C21H24N4O2. The molecular weight excluding hydrogens is 340 g/mol. The van der Waals surface area contributed by atoms with Gasteiger partial charge in [-0.1, -0.05) is 24.3 Å². The number of nitrogens with zero attached hydrogens (tertiary/aromatic N) is 3. The molecule has 3 aromatic rings. The number of hydrogen-bond acceptors (Lipinski definition) is 4. The normalized spacial score (nSPS) is 10.6. The van der Waals surface area contributed by atoms with Crippen molar-refractivity contribution in [3.63, 3.8) is 0 Å². The molecule has 0 fully saturated rings. The molecule has 0 radical (unpaired) electrons. The van der Waals surface area contributed by atoms with Crippen LogP contribution in [0.4, 0.5) is 0 Å². The zero-order valence-corrected chi connectivity index (χ0v) is 15.7. The van der Waals surface area contributed by atoms with Gasteiger partial charge in [0.25, 0.3) is 0 Å². The van der Waals surface area contributed by atoms with E-state index >= 15 is 0 Å². The van der Waals surface area contributed by atoms with Crippen molar-refractivity contribution in [1.82, 2.24) is 20.1 Å². The topological polar surface area (TPSA) is 69.0 Å². The zero-order valence-electron chi connectivity index (χ0n) is 15.7. The fourth-order valence-electron chi connectivity index (χ4n) is 2.80. The Morgan fingerprint density at radius 2 is 2.04 bits per heavy atom. The van der Waals surface area contributed by atoms with Gasteiger partial charge < -0.3 is 10.1 Å². The van der Waals surface area contributed by atoms with Crippen LogP contribution in [0, 0.1) is 0 Å². The minimum absolute atomic E-state index is 0.0117. The molecule has 0 bridgehead atoms. The summed E-state index contributed by atoms with van der Waals surface area (Å²) in [7, 11) is 1.88. The summed E-state index contributed by atoms with van der Waals surface area (Å²) in [5, 5.41) is 7.10. The second-order valence-electron chi connectivity index (χ2n) is 6.27. The van der Waals surface area contributed by atoms with Gasteiger partial charge in [-0.05, 0) is 36.6 Å². The van der Waals surface area contributed by atoms with Gasteiger partial charge in [-0.25, -0.2) is 0 Å². The lowest BCUT2D eigenvalue weighted by Gasteiger charge is -2.10. The third kappa shape index (κ3) is 5.17. The van der Waals surface area contributed by atoms with Crippen LogP contribution in [0.25, 0.3) is 11.3 Å². The first-order chi connectivity index (χ1) is 13.2. The molecule has 6 nitrogen and oxygen atoms in total. The fourth-order valence-corrected chi connectivity index (χ4v) is 2.80. The molecule has 27 heavy (non-hydrogen) atoms. The molecule has 2 aromatic heterocycles. The van der Waals surface area contributed by atoms with Crippen LogP contribution >= 0.6 is 0 Å². The van der Waals surface area contributed by atoms with Gasteiger partial charge in [0.05, 0.1) is 18.5 Å². The smallest absolute Gasteiger partial charge is 0.220 e. The Hall–Kier alpha value is -3.15. The number of para-hydroxylation sites is 1. The maximum Gasteiger partial charge on any atom is 0.220 e. The van der Waals surface area contributed by atoms with Crippen LogP contribution in [0.3, 0.4) is 0 Å². The van der Waals surface area contributed by atoms with Crippen LogP contribution in [-0.2, 0) is 24.8 Å². The number of benzene rings is 1. The molecule has 0 aliphatic heterocycles. The molecule has 0 atom stereocenters. The van der Waals surface area contributed by atoms with Crippen molar-refractivity contribution in [2.75, 3.05) is 6.61 Å². The highest BCUT2D eigenvalue weighted by atomic mass is 16.5. The van der Waals surface area contributed by atoms with Gasteiger partial charge in [0.15, 0.2) is 0 Å². The Kier molecular flexibility index (Phi) is 6.20. The predicted molar refractivity (Wildman–Crippen MR) is 104 cm³/mol. The van der Waals surface area contributed by atoms with Crippen LogP contribution in [0.5, 0.6) is 5.75 Å². The number of pyridine rings is 1. The third-order valence-corrected chi connectivity index (χ3v) is 4.21. The number of ether oxygens (including phenoxy) is 1. The van der Waals surface area contributed by atoms with E-state index in [1.54, 1.807) is 17.1 Å². The summed E-state index contributed by atoms with van der Waals surface area (Å²) in [6, 6.07) is 11.8. The van der Waals surface area contributed by atoms with E-state index in [0.717, 1.165) is 28.1 Å². The van der Waals surface area contributed by atoms with E-state index in [1.165, 1.54) is 0 Å². The van der Waals surface area contributed by atoms with Crippen molar-refractivity contribution in [1.29, 1.82) is 0 Å². The number of nitrogens with one attached hydrogen (secondary N) is 1. The average Bonchev–Trinajstić information content (AvgIpc) is 3.13. The predicted octanol–water partition coefficient (Wildman–Crippen LogP) is 3.13. The van der Waals surface area contributed by atoms with E-state index in [4.69, 9.17) is 4.74 Å². The summed E-state index contributed by atoms with van der Waals surface area (Å²) in [5.74, 6) is 0.862. The van der Waals surface area contributed by atoms with Crippen LogP contribution < -0.4 is 10.1 Å². The minimum atomic E-state index is 0.0117. The maximum absolute atomic E-state index is 12.2. The van der Waals surface area contributed by atoms with Crippen LogP contribution in [-0.4, -0.2) is 27.3 Å². The van der Waals surface area contributed by atoms with E-state index in [1.807, 2.05) is 56.6 Å². The van der Waals surface area contributed by atoms with E-state index < -0.39 is 0 Å². The lowest BCUT2D eigenvalue weighted by Crippen LogP contribution is -2.23. The number of hydrogen-bond donors (Lipinski definition) is 1. The largest absolute Gasteiger partial charge is 0.494 e. The van der Waals surface area contributed by atoms with Crippen molar-refractivity contribution < 1.29 is 9.53 Å². The lowest BCUT2D eigenvalue weighted by molar-refractivity contribution is -0.121. The molecule has 0 spiro atoms. The van der Waals surface area contributed by atoms with Gasteiger partial charge in [0, 0.05) is 38.0 Å². The molecule has 0 saturated carbocycles. The highest BCUT2D eigenvalue weighted by Gasteiger charge is 2.07. The van der Waals surface area contributed by atoms with Gasteiger partial charge in [0.1, 0.15) is 5.75 Å². The number of aromatic nitrogens is 3. The molecule has 0 unspecified atom stereocenters. The monoisotopic (exact) mass is 364 g/mol. The Labute approximate surface area is 159 Å². The van der Waals surface area contributed by atoms with Crippen molar-refractivity contribution in [3.05, 3.63) is 66.1 Å². The standard InChI is InChI=1S/C21H24N4O2/c1-3-27-20-7-5-4-6-17(20)9-11-21(26)23-13-16-8-10-19(22-12-16)18-14-24-25(2)15-18/h4-8,10,12,14-15H,3,9,11,13H2,1-2H3,(H,23,26). The van der Waals surface area contributed by atoms with Crippen LogP contribution in [0.2, 0.25) is 0 Å². The number of aryl methyl sites for hydroxylation is 2. The molecule has 140 valence electrons. The van der Waals surface area contributed by atoms with E-state index in [9.17, 15) is 4.79 Å². The minimum Gasteiger partial charge on any atom is -0.494 e. The second-order valence-corrected chi connectivity index (χ2v) is 6.27. The summed E-state index contributed by atoms with van der Waals surface area (Å²) >= 11 is 0. The Balaban J connectivity index is 1.49. The summed E-state index contributed by atoms with van der Waals surface area (Å²) < 4.78 is 7.35. The van der Waals surface area contributed by atoms with Crippen molar-refractivity contribution >= 4 is 5.91 Å². The first-order valence-corrected chi connectivity index (χ1v) is 9.07. The van der Waals surface area contributed by atoms with Crippen molar-refractivity contribution in [3.8, 4) is 17.0 Å². The molecule has 1 N–H and O–H groups in total. The first-order valence-electron chi connectivity index (χ1n) is 9.07. The Bertz CT molecular complexity index is 887. The summed E-state index contributed by atoms with van der Waals surface area (Å²) in [6.45, 7) is 3.04. The zero-order chi connectivity index (χ0) is 19.1. The second kappa shape index (κ2) is 8.98. The Morgan fingerprint density at radius 3 is 2.74 bits per heavy atom.